The minimum absolute atomic E-state index is 0.00166. The zero-order valence-electron chi connectivity index (χ0n) is 11.7. The van der Waals surface area contributed by atoms with Gasteiger partial charge in [0.25, 0.3) is 0 Å². The van der Waals surface area contributed by atoms with Crippen LogP contribution in [0.25, 0.3) is 0 Å². The van der Waals surface area contributed by atoms with Gasteiger partial charge in [-0.1, -0.05) is 12.5 Å². The first-order valence-electron chi connectivity index (χ1n) is 7.22. The SMILES string of the molecule is O=C(O)c1cccc2c1OCCN2C(=O)[C@H]1CCCCN1. The molecule has 1 aromatic rings. The lowest BCUT2D eigenvalue weighted by atomic mass is 10.0. The molecular weight excluding hydrogens is 272 g/mol. The van der Waals surface area contributed by atoms with E-state index in [1.54, 1.807) is 17.0 Å². The number of hydrogen-bond acceptors (Lipinski definition) is 4. The van der Waals surface area contributed by atoms with Crippen molar-refractivity contribution >= 4 is 17.6 Å². The largest absolute Gasteiger partial charge is 0.489 e. The second-order valence-corrected chi connectivity index (χ2v) is 5.30. The van der Waals surface area contributed by atoms with Gasteiger partial charge in [-0.3, -0.25) is 4.79 Å². The number of aromatic carboxylic acids is 1. The highest BCUT2D eigenvalue weighted by molar-refractivity contribution is 6.02. The topological polar surface area (TPSA) is 78.9 Å². The molecule has 1 atom stereocenters. The van der Waals surface area contributed by atoms with Crippen LogP contribution in [-0.2, 0) is 4.79 Å². The average Bonchev–Trinajstić information content (AvgIpc) is 2.53. The smallest absolute Gasteiger partial charge is 0.339 e. The van der Waals surface area contributed by atoms with E-state index in [1.807, 2.05) is 0 Å². The number of rotatable bonds is 2. The molecule has 0 spiro atoms. The molecule has 0 aliphatic carbocycles. The summed E-state index contributed by atoms with van der Waals surface area (Å²) >= 11 is 0. The standard InChI is InChI=1S/C15H18N2O4/c18-14(11-5-1-2-7-16-11)17-8-9-21-13-10(15(19)20)4-3-6-12(13)17/h3-4,6,11,16H,1-2,5,7-9H2,(H,19,20)/t11-/m1/s1. The number of nitrogens with zero attached hydrogens (tertiary/aromatic N) is 1. The van der Waals surface area contributed by atoms with Gasteiger partial charge in [0.15, 0.2) is 5.75 Å². The lowest BCUT2D eigenvalue weighted by molar-refractivity contribution is -0.121. The number of piperidine rings is 1. The summed E-state index contributed by atoms with van der Waals surface area (Å²) < 4.78 is 5.49. The predicted octanol–water partition coefficient (Wildman–Crippen LogP) is 1.25. The van der Waals surface area contributed by atoms with E-state index in [2.05, 4.69) is 5.32 Å². The number of carbonyl (C=O) groups is 2. The highest BCUT2D eigenvalue weighted by Crippen LogP contribution is 2.35. The van der Waals surface area contributed by atoms with Crippen LogP contribution in [0.4, 0.5) is 5.69 Å². The Balaban J connectivity index is 1.91. The van der Waals surface area contributed by atoms with Gasteiger partial charge in [-0.05, 0) is 31.5 Å². The molecule has 1 saturated heterocycles. The molecule has 0 radical (unpaired) electrons. The summed E-state index contributed by atoms with van der Waals surface area (Å²) in [6.45, 7) is 1.62. The van der Waals surface area contributed by atoms with Crippen molar-refractivity contribution in [1.82, 2.24) is 5.32 Å². The Morgan fingerprint density at radius 3 is 2.90 bits per heavy atom. The third kappa shape index (κ3) is 2.58. The van der Waals surface area contributed by atoms with E-state index in [4.69, 9.17) is 4.74 Å². The van der Waals surface area contributed by atoms with Gasteiger partial charge >= 0.3 is 5.97 Å². The van der Waals surface area contributed by atoms with Crippen molar-refractivity contribution in [2.24, 2.45) is 0 Å². The molecule has 6 nitrogen and oxygen atoms in total. The molecule has 1 fully saturated rings. The molecule has 3 rings (SSSR count). The van der Waals surface area contributed by atoms with Crippen molar-refractivity contribution < 1.29 is 19.4 Å². The van der Waals surface area contributed by atoms with Crippen molar-refractivity contribution in [1.29, 1.82) is 0 Å². The van der Waals surface area contributed by atoms with E-state index < -0.39 is 5.97 Å². The molecule has 2 heterocycles. The average molecular weight is 290 g/mol. The van der Waals surface area contributed by atoms with Gasteiger partial charge in [0, 0.05) is 0 Å². The zero-order valence-corrected chi connectivity index (χ0v) is 11.7. The number of carboxylic acid groups (broad SMARTS) is 1. The number of para-hydroxylation sites is 1. The first-order chi connectivity index (χ1) is 10.2. The van der Waals surface area contributed by atoms with Crippen molar-refractivity contribution in [3.8, 4) is 5.75 Å². The second kappa shape index (κ2) is 5.73. The summed E-state index contributed by atoms with van der Waals surface area (Å²) in [7, 11) is 0. The van der Waals surface area contributed by atoms with Crippen molar-refractivity contribution in [3.05, 3.63) is 23.8 Å². The Kier molecular flexibility index (Phi) is 3.79. The molecule has 21 heavy (non-hydrogen) atoms. The molecule has 2 N–H and O–H groups in total. The Bertz CT molecular complexity index is 567. The minimum atomic E-state index is -1.04. The number of nitrogens with one attached hydrogen (secondary N) is 1. The first-order valence-corrected chi connectivity index (χ1v) is 7.22. The van der Waals surface area contributed by atoms with Gasteiger partial charge in [-0.25, -0.2) is 4.79 Å². The molecule has 0 bridgehead atoms. The number of benzene rings is 1. The fourth-order valence-corrected chi connectivity index (χ4v) is 2.90. The normalized spacial score (nSPS) is 21.3. The van der Waals surface area contributed by atoms with Crippen LogP contribution in [0.2, 0.25) is 0 Å². The molecule has 0 saturated carbocycles. The van der Waals surface area contributed by atoms with Crippen LogP contribution in [0.5, 0.6) is 5.75 Å². The summed E-state index contributed by atoms with van der Waals surface area (Å²) in [6, 6.07) is 4.69. The maximum Gasteiger partial charge on any atom is 0.339 e. The van der Waals surface area contributed by atoms with Crippen molar-refractivity contribution in [2.75, 3.05) is 24.6 Å². The summed E-state index contributed by atoms with van der Waals surface area (Å²) in [5, 5.41) is 12.5. The summed E-state index contributed by atoms with van der Waals surface area (Å²) in [6.07, 6.45) is 2.95. The first kappa shape index (κ1) is 13.9. The molecule has 1 aromatic carbocycles. The molecule has 0 aromatic heterocycles. The maximum absolute atomic E-state index is 12.7. The number of amides is 1. The van der Waals surface area contributed by atoms with E-state index in [0.29, 0.717) is 24.6 Å². The van der Waals surface area contributed by atoms with Gasteiger partial charge in [-0.15, -0.1) is 0 Å². The van der Waals surface area contributed by atoms with Crippen LogP contribution in [0.3, 0.4) is 0 Å². The fraction of sp³-hybridized carbons (Fsp3) is 0.467. The third-order valence-electron chi connectivity index (χ3n) is 3.95. The predicted molar refractivity (Wildman–Crippen MR) is 76.9 cm³/mol. The van der Waals surface area contributed by atoms with E-state index in [-0.39, 0.29) is 17.5 Å². The molecule has 2 aliphatic rings. The summed E-state index contributed by atoms with van der Waals surface area (Å²) in [5.41, 5.74) is 0.653. The number of anilines is 1. The fourth-order valence-electron chi connectivity index (χ4n) is 2.90. The second-order valence-electron chi connectivity index (χ2n) is 5.30. The van der Waals surface area contributed by atoms with Gasteiger partial charge in [0.05, 0.1) is 18.3 Å². The van der Waals surface area contributed by atoms with Gasteiger partial charge in [0.2, 0.25) is 5.91 Å². The Hall–Kier alpha value is -2.08. The number of carbonyl (C=O) groups excluding carboxylic acids is 1. The van der Waals surface area contributed by atoms with Crippen LogP contribution in [0.1, 0.15) is 29.6 Å². The van der Waals surface area contributed by atoms with Crippen molar-refractivity contribution in [3.63, 3.8) is 0 Å². The maximum atomic E-state index is 12.7. The summed E-state index contributed by atoms with van der Waals surface area (Å²) in [4.78, 5) is 25.6. The van der Waals surface area contributed by atoms with E-state index in [0.717, 1.165) is 25.8 Å². The highest BCUT2D eigenvalue weighted by Gasteiger charge is 2.32. The Labute approximate surface area is 122 Å². The molecular formula is C15H18N2O4. The van der Waals surface area contributed by atoms with E-state index >= 15 is 0 Å². The molecule has 112 valence electrons. The lowest BCUT2D eigenvalue weighted by Crippen LogP contribution is -2.51. The lowest BCUT2D eigenvalue weighted by Gasteiger charge is -2.34. The quantitative estimate of drug-likeness (QED) is 0.857. The number of hydrogen-bond donors (Lipinski definition) is 2. The molecule has 0 unspecified atom stereocenters. The zero-order chi connectivity index (χ0) is 14.8. The molecule has 6 heteroatoms. The Morgan fingerprint density at radius 2 is 2.19 bits per heavy atom. The van der Waals surface area contributed by atoms with Crippen molar-refractivity contribution in [2.45, 2.75) is 25.3 Å². The van der Waals surface area contributed by atoms with Gasteiger partial charge in [0.1, 0.15) is 12.2 Å². The van der Waals surface area contributed by atoms with Crippen LogP contribution in [0, 0.1) is 0 Å². The monoisotopic (exact) mass is 290 g/mol. The van der Waals surface area contributed by atoms with Crippen LogP contribution < -0.4 is 15.0 Å². The number of fused-ring (bicyclic) bond motifs is 1. The number of carboxylic acids is 1. The van der Waals surface area contributed by atoms with Crippen LogP contribution in [-0.4, -0.2) is 42.7 Å². The van der Waals surface area contributed by atoms with Crippen LogP contribution in [0.15, 0.2) is 18.2 Å². The van der Waals surface area contributed by atoms with E-state index in [9.17, 15) is 14.7 Å². The van der Waals surface area contributed by atoms with E-state index in [1.165, 1.54) is 6.07 Å². The highest BCUT2D eigenvalue weighted by atomic mass is 16.5. The minimum Gasteiger partial charge on any atom is -0.489 e. The number of ether oxygens (including phenoxy) is 1. The van der Waals surface area contributed by atoms with Gasteiger partial charge in [-0.2, -0.15) is 0 Å². The Morgan fingerprint density at radius 1 is 1.33 bits per heavy atom. The molecule has 1 amide bonds. The third-order valence-corrected chi connectivity index (χ3v) is 3.95. The van der Waals surface area contributed by atoms with Crippen LogP contribution >= 0.6 is 0 Å². The molecule has 2 aliphatic heterocycles. The summed E-state index contributed by atoms with van der Waals surface area (Å²) in [5.74, 6) is -0.751. The van der Waals surface area contributed by atoms with Gasteiger partial charge < -0.3 is 20.1 Å².